The van der Waals surface area contributed by atoms with Crippen molar-refractivity contribution >= 4 is 24.1 Å². The maximum Gasteiger partial charge on any atom is 0.573 e. The van der Waals surface area contributed by atoms with Gasteiger partial charge >= 0.3 is 7.27 Å². The van der Waals surface area contributed by atoms with Crippen molar-refractivity contribution in [2.45, 2.75) is 0 Å². The zero-order chi connectivity index (χ0) is 13.9. The van der Waals surface area contributed by atoms with Gasteiger partial charge in [0.05, 0.1) is 11.2 Å². The molecule has 0 aliphatic carbocycles. The number of nitrogens with zero attached hydrogens (tertiary/aromatic N) is 1. The zero-order valence-corrected chi connectivity index (χ0v) is 11.3. The van der Waals surface area contributed by atoms with Gasteiger partial charge in [0.1, 0.15) is 0 Å². The number of rotatable bonds is 3. The summed E-state index contributed by atoms with van der Waals surface area (Å²) >= 11 is 1.40. The lowest BCUT2D eigenvalue weighted by Gasteiger charge is -2.11. The van der Waals surface area contributed by atoms with Gasteiger partial charge in [-0.2, -0.15) is 0 Å². The molecule has 1 aromatic heterocycles. The van der Waals surface area contributed by atoms with Crippen LogP contribution in [-0.4, -0.2) is 12.3 Å². The van der Waals surface area contributed by atoms with Crippen molar-refractivity contribution < 1.29 is 8.63 Å². The molecule has 0 aliphatic rings. The highest BCUT2D eigenvalue weighted by atomic mass is 32.1. The monoisotopic (exact) mass is 285 g/mol. The average molecular weight is 285 g/mol. The highest BCUT2D eigenvalue weighted by Crippen LogP contribution is 2.25. The quantitative estimate of drug-likeness (QED) is 0.660. The number of hydrogen-bond acceptors (Lipinski definition) is 2. The molecular weight excluding hydrogens is 275 g/mol. The third kappa shape index (κ3) is 2.37. The molecule has 0 atom stereocenters. The molecule has 2 aromatic carbocycles. The normalized spacial score (nSPS) is 10.5. The third-order valence-corrected chi connectivity index (χ3v) is 3.70. The number of halogens is 2. The van der Waals surface area contributed by atoms with Crippen molar-refractivity contribution in [3.8, 4) is 22.4 Å². The number of hydrogen-bond donors (Lipinski definition) is 0. The van der Waals surface area contributed by atoms with Gasteiger partial charge in [0.15, 0.2) is 0 Å². The minimum Gasteiger partial charge on any atom is -0.281 e. The highest BCUT2D eigenvalue weighted by molar-refractivity contribution is 7.07. The number of benzene rings is 2. The molecule has 0 aliphatic heterocycles. The molecular formula is C15H10BF2NS. The second kappa shape index (κ2) is 5.55. The zero-order valence-electron chi connectivity index (χ0n) is 10.5. The van der Waals surface area contributed by atoms with Gasteiger partial charge in [-0.25, -0.2) is 4.98 Å². The Kier molecular flexibility index (Phi) is 3.61. The van der Waals surface area contributed by atoms with Crippen LogP contribution in [-0.2, 0) is 0 Å². The van der Waals surface area contributed by atoms with Crippen molar-refractivity contribution in [2.24, 2.45) is 0 Å². The predicted octanol–water partition coefficient (Wildman–Crippen LogP) is 4.11. The summed E-state index contributed by atoms with van der Waals surface area (Å²) in [4.78, 5) is 4.15. The second-order valence-electron chi connectivity index (χ2n) is 4.31. The summed E-state index contributed by atoms with van der Waals surface area (Å²) in [5, 5.41) is 1.79. The Morgan fingerprint density at radius 2 is 1.65 bits per heavy atom. The predicted molar refractivity (Wildman–Crippen MR) is 80.6 cm³/mol. The van der Waals surface area contributed by atoms with E-state index in [1.54, 1.807) is 29.1 Å². The molecule has 0 saturated heterocycles. The Balaban J connectivity index is 2.24. The van der Waals surface area contributed by atoms with E-state index in [1.807, 2.05) is 30.3 Å². The van der Waals surface area contributed by atoms with E-state index in [0.717, 1.165) is 5.56 Å². The van der Waals surface area contributed by atoms with Crippen LogP contribution in [0.25, 0.3) is 22.4 Å². The Bertz CT molecular complexity index is 699. The molecule has 20 heavy (non-hydrogen) atoms. The molecule has 98 valence electrons. The molecule has 1 heterocycles. The van der Waals surface area contributed by atoms with Crippen LogP contribution in [0.3, 0.4) is 0 Å². The molecule has 0 amide bonds. The Morgan fingerprint density at radius 1 is 0.900 bits per heavy atom. The van der Waals surface area contributed by atoms with E-state index >= 15 is 0 Å². The van der Waals surface area contributed by atoms with Gasteiger partial charge in [-0.15, -0.1) is 11.3 Å². The molecule has 3 rings (SSSR count). The molecule has 0 N–H and O–H groups in total. The second-order valence-corrected chi connectivity index (χ2v) is 5.03. The molecule has 0 spiro atoms. The smallest absolute Gasteiger partial charge is 0.281 e. The molecule has 0 bridgehead atoms. The maximum atomic E-state index is 13.5. The first-order chi connectivity index (χ1) is 9.77. The van der Waals surface area contributed by atoms with Crippen LogP contribution >= 0.6 is 11.3 Å². The van der Waals surface area contributed by atoms with Crippen LogP contribution in [0, 0.1) is 0 Å². The summed E-state index contributed by atoms with van der Waals surface area (Å²) in [6.45, 7) is 0. The Morgan fingerprint density at radius 3 is 2.30 bits per heavy atom. The van der Waals surface area contributed by atoms with Gasteiger partial charge in [-0.1, -0.05) is 48.5 Å². The molecule has 0 radical (unpaired) electrons. The van der Waals surface area contributed by atoms with E-state index in [2.05, 4.69) is 4.98 Å². The lowest BCUT2D eigenvalue weighted by atomic mass is 9.76. The molecule has 3 aromatic rings. The third-order valence-electron chi connectivity index (χ3n) is 3.12. The lowest BCUT2D eigenvalue weighted by molar-refractivity contribution is 0.685. The van der Waals surface area contributed by atoms with Crippen molar-refractivity contribution in [1.82, 2.24) is 4.98 Å². The van der Waals surface area contributed by atoms with Gasteiger partial charge in [-0.3, -0.25) is 8.63 Å². The first-order valence-electron chi connectivity index (χ1n) is 6.12. The first-order valence-corrected chi connectivity index (χ1v) is 7.06. The van der Waals surface area contributed by atoms with Crippen LogP contribution in [0.5, 0.6) is 0 Å². The fourth-order valence-electron chi connectivity index (χ4n) is 2.24. The van der Waals surface area contributed by atoms with Crippen LogP contribution < -0.4 is 5.46 Å². The minimum atomic E-state index is -2.54. The van der Waals surface area contributed by atoms with Gasteiger partial charge in [0, 0.05) is 16.4 Å². The van der Waals surface area contributed by atoms with Crippen LogP contribution in [0.4, 0.5) is 8.63 Å². The highest BCUT2D eigenvalue weighted by Gasteiger charge is 2.26. The Labute approximate surface area is 120 Å². The van der Waals surface area contributed by atoms with Crippen molar-refractivity contribution in [3.05, 3.63) is 59.4 Å². The molecule has 0 fully saturated rings. The van der Waals surface area contributed by atoms with E-state index in [9.17, 15) is 8.63 Å². The largest absolute Gasteiger partial charge is 0.573 e. The summed E-state index contributed by atoms with van der Waals surface area (Å²) in [5.74, 6) is 0. The van der Waals surface area contributed by atoms with Gasteiger partial charge in [-0.05, 0) is 11.1 Å². The molecule has 1 nitrogen and oxygen atoms in total. The van der Waals surface area contributed by atoms with Gasteiger partial charge in [0.25, 0.3) is 0 Å². The van der Waals surface area contributed by atoms with Crippen molar-refractivity contribution in [3.63, 3.8) is 0 Å². The van der Waals surface area contributed by atoms with E-state index in [1.165, 1.54) is 11.3 Å². The summed E-state index contributed by atoms with van der Waals surface area (Å²) in [6.07, 6.45) is 0. The van der Waals surface area contributed by atoms with Crippen LogP contribution in [0.2, 0.25) is 0 Å². The molecule has 5 heteroatoms. The van der Waals surface area contributed by atoms with E-state index in [-0.39, 0.29) is 5.46 Å². The van der Waals surface area contributed by atoms with E-state index in [0.29, 0.717) is 16.8 Å². The summed E-state index contributed by atoms with van der Waals surface area (Å²) in [7, 11) is -2.54. The van der Waals surface area contributed by atoms with E-state index < -0.39 is 7.27 Å². The fourth-order valence-corrected chi connectivity index (χ4v) is 2.79. The topological polar surface area (TPSA) is 12.9 Å². The SMILES string of the molecule is FB(F)c1c(-c2ccccc2)cccc1-c1cscn1. The maximum absolute atomic E-state index is 13.5. The lowest BCUT2D eigenvalue weighted by Crippen LogP contribution is -2.25. The Hall–Kier alpha value is -2.01. The van der Waals surface area contributed by atoms with Crippen molar-refractivity contribution in [1.29, 1.82) is 0 Å². The summed E-state index contributed by atoms with van der Waals surface area (Å²) in [5.41, 5.74) is 4.15. The first kappa shape index (κ1) is 13.0. The average Bonchev–Trinajstić information content (AvgIpc) is 3.01. The summed E-state index contributed by atoms with van der Waals surface area (Å²) < 4.78 is 27.1. The van der Waals surface area contributed by atoms with Gasteiger partial charge in [0.2, 0.25) is 0 Å². The minimum absolute atomic E-state index is 0.0459. The van der Waals surface area contributed by atoms with Crippen molar-refractivity contribution in [2.75, 3.05) is 0 Å². The molecule has 0 unspecified atom stereocenters. The fraction of sp³-hybridized carbons (Fsp3) is 0. The van der Waals surface area contributed by atoms with Gasteiger partial charge < -0.3 is 0 Å². The molecule has 0 saturated carbocycles. The van der Waals surface area contributed by atoms with E-state index in [4.69, 9.17) is 0 Å². The van der Waals surface area contributed by atoms with Crippen LogP contribution in [0.15, 0.2) is 59.4 Å². The standard InChI is InChI=1S/C15H10BF2NS/c17-16(18)15-12(11-5-2-1-3-6-11)7-4-8-13(15)14-9-20-10-19-14/h1-10H. The summed E-state index contributed by atoms with van der Waals surface area (Å²) in [6, 6.07) is 14.5. The number of thiazole rings is 1. The number of aromatic nitrogens is 1. The van der Waals surface area contributed by atoms with Crippen LogP contribution in [0.1, 0.15) is 0 Å².